The Morgan fingerprint density at radius 3 is 2.03 bits per heavy atom. The first-order valence-corrected chi connectivity index (χ1v) is 10.4. The Balaban J connectivity index is 2.25. The molecular formula is C23H24BF5N2. The molecule has 2 aromatic rings. The zero-order valence-corrected chi connectivity index (χ0v) is 18.4. The molecule has 2 aliphatic heterocycles. The van der Waals surface area contributed by atoms with Crippen molar-refractivity contribution in [3.8, 4) is 0 Å². The number of hydrogen-bond acceptors (Lipinski definition) is 0. The molecule has 3 heterocycles. The number of fused-ring (bicyclic) bond motifs is 2. The lowest BCUT2D eigenvalue weighted by Gasteiger charge is -2.34. The third kappa shape index (κ3) is 2.66. The molecule has 0 radical (unpaired) electrons. The van der Waals surface area contributed by atoms with Crippen molar-refractivity contribution in [3.05, 3.63) is 74.5 Å². The number of hydrogen-bond donors (Lipinski definition) is 0. The molecule has 1 aromatic heterocycles. The first kappa shape index (κ1) is 21.6. The first-order chi connectivity index (χ1) is 14.5. The van der Waals surface area contributed by atoms with Crippen LogP contribution in [-0.2, 0) is 6.42 Å². The van der Waals surface area contributed by atoms with E-state index < -0.39 is 24.4 Å². The number of halogens is 5. The Morgan fingerprint density at radius 1 is 0.935 bits per heavy atom. The van der Waals surface area contributed by atoms with Crippen LogP contribution in [0.3, 0.4) is 0 Å². The highest BCUT2D eigenvalue weighted by atomic mass is 19.2. The van der Waals surface area contributed by atoms with Gasteiger partial charge in [0.25, 0.3) is 0 Å². The van der Waals surface area contributed by atoms with Crippen LogP contribution in [0.15, 0.2) is 29.0 Å². The van der Waals surface area contributed by atoms with Crippen LogP contribution in [0.25, 0.3) is 5.57 Å². The molecule has 164 valence electrons. The average Bonchev–Trinajstić information content (AvgIpc) is 3.10. The van der Waals surface area contributed by atoms with E-state index in [1.54, 1.807) is 27.7 Å². The quantitative estimate of drug-likeness (QED) is 0.305. The normalized spacial score (nSPS) is 17.6. The van der Waals surface area contributed by atoms with Gasteiger partial charge in [-0.15, -0.1) is 0 Å². The average molecular weight is 434 g/mol. The Morgan fingerprint density at radius 2 is 1.52 bits per heavy atom. The maximum Gasteiger partial charge on any atom is 0.737 e. The van der Waals surface area contributed by atoms with E-state index in [1.807, 2.05) is 13.8 Å². The van der Waals surface area contributed by atoms with Gasteiger partial charge >= 0.3 is 6.97 Å². The lowest BCUT2D eigenvalue weighted by atomic mass is 9.83. The molecule has 8 heteroatoms. The van der Waals surface area contributed by atoms with Gasteiger partial charge in [-0.2, -0.15) is 0 Å². The zero-order valence-electron chi connectivity index (χ0n) is 18.4. The molecule has 0 bridgehead atoms. The van der Waals surface area contributed by atoms with Gasteiger partial charge in [-0.05, 0) is 68.1 Å². The number of nitrogens with zero attached hydrogens (tertiary/aromatic N) is 2. The zero-order chi connectivity index (χ0) is 23.0. The molecule has 0 atom stereocenters. The van der Waals surface area contributed by atoms with E-state index in [0.29, 0.717) is 41.0 Å². The maximum atomic E-state index is 16.0. The number of benzene rings is 1. The van der Waals surface area contributed by atoms with Crippen molar-refractivity contribution in [2.24, 2.45) is 0 Å². The predicted molar refractivity (Wildman–Crippen MR) is 113 cm³/mol. The smallest absolute Gasteiger partial charge is 0.393 e. The SMILES string of the molecule is CCC1=C(C)C2=C(c3cc(F)c(F)c(F)c3)c3c(C)c(CC)c(C)n3[B-](F)(F)[N+]2=C1C. The van der Waals surface area contributed by atoms with Gasteiger partial charge in [-0.1, -0.05) is 13.8 Å². The topological polar surface area (TPSA) is 7.94 Å². The number of allylic oxidation sites excluding steroid dienone is 2. The van der Waals surface area contributed by atoms with Crippen LogP contribution >= 0.6 is 0 Å². The standard InChI is InChI=1S/C23H24BF5N2/c1-7-16-11(3)22-20(15-9-18(25)21(27)19(26)10-15)23-12(4)17(8-2)14(6)31(23)24(28,29)30(22)13(16)5/h9-10H,7-8H2,1-6H3. The molecule has 0 amide bonds. The molecule has 0 saturated heterocycles. The fraction of sp³-hybridized carbons (Fsp3) is 0.348. The Bertz CT molecular complexity index is 1220. The van der Waals surface area contributed by atoms with E-state index in [0.717, 1.165) is 32.2 Å². The van der Waals surface area contributed by atoms with Gasteiger partial charge in [0.1, 0.15) is 5.71 Å². The van der Waals surface area contributed by atoms with Gasteiger partial charge in [0.05, 0.1) is 5.57 Å². The summed E-state index contributed by atoms with van der Waals surface area (Å²) in [6.07, 6.45) is 1.08. The maximum absolute atomic E-state index is 16.0. The Labute approximate surface area is 178 Å². The summed E-state index contributed by atoms with van der Waals surface area (Å²) in [7, 11) is 0. The van der Waals surface area contributed by atoms with E-state index in [4.69, 9.17) is 0 Å². The van der Waals surface area contributed by atoms with Crippen LogP contribution in [0.5, 0.6) is 0 Å². The molecule has 1 aromatic carbocycles. The summed E-state index contributed by atoms with van der Waals surface area (Å²) in [6, 6.07) is 1.78. The van der Waals surface area contributed by atoms with Crippen molar-refractivity contribution in [2.75, 3.05) is 0 Å². The van der Waals surface area contributed by atoms with E-state index in [-0.39, 0.29) is 17.0 Å². The van der Waals surface area contributed by atoms with Gasteiger partial charge in [-0.3, -0.25) is 0 Å². The van der Waals surface area contributed by atoms with Crippen LogP contribution in [0, 0.1) is 31.3 Å². The molecule has 2 aliphatic rings. The Hall–Kier alpha value is -2.64. The summed E-state index contributed by atoms with van der Waals surface area (Å²) in [5.74, 6) is -4.28. The van der Waals surface area contributed by atoms with E-state index in [1.165, 1.54) is 0 Å². The highest BCUT2D eigenvalue weighted by Crippen LogP contribution is 2.47. The van der Waals surface area contributed by atoms with Gasteiger partial charge < -0.3 is 17.6 Å². The van der Waals surface area contributed by atoms with Crippen molar-refractivity contribution in [3.63, 3.8) is 0 Å². The molecule has 31 heavy (non-hydrogen) atoms. The molecule has 0 fully saturated rings. The minimum atomic E-state index is -4.23. The van der Waals surface area contributed by atoms with Crippen LogP contribution in [0.1, 0.15) is 62.2 Å². The minimum absolute atomic E-state index is 0.0386. The number of rotatable bonds is 3. The van der Waals surface area contributed by atoms with Gasteiger partial charge in [-0.25, -0.2) is 13.2 Å². The monoisotopic (exact) mass is 434 g/mol. The summed E-state index contributed by atoms with van der Waals surface area (Å²) in [6.45, 7) is 6.33. The first-order valence-electron chi connectivity index (χ1n) is 10.4. The van der Waals surface area contributed by atoms with Crippen molar-refractivity contribution in [2.45, 2.75) is 54.4 Å². The molecule has 0 N–H and O–H groups in total. The highest BCUT2D eigenvalue weighted by Gasteiger charge is 2.56. The largest absolute Gasteiger partial charge is 0.737 e. The van der Waals surface area contributed by atoms with Crippen molar-refractivity contribution >= 4 is 18.3 Å². The van der Waals surface area contributed by atoms with Crippen molar-refractivity contribution < 1.29 is 26.3 Å². The minimum Gasteiger partial charge on any atom is -0.393 e. The second-order valence-electron chi connectivity index (χ2n) is 8.24. The molecular weight excluding hydrogens is 410 g/mol. The Kier molecular flexibility index (Phi) is 4.83. The van der Waals surface area contributed by atoms with Gasteiger partial charge in [0.15, 0.2) is 23.1 Å². The van der Waals surface area contributed by atoms with Gasteiger partial charge in [0, 0.05) is 23.8 Å². The third-order valence-corrected chi connectivity index (χ3v) is 6.77. The fourth-order valence-corrected chi connectivity index (χ4v) is 5.45. The van der Waals surface area contributed by atoms with Crippen molar-refractivity contribution in [1.29, 1.82) is 0 Å². The molecule has 0 saturated carbocycles. The van der Waals surface area contributed by atoms with Crippen LogP contribution in [0.4, 0.5) is 21.8 Å². The second-order valence-corrected chi connectivity index (χ2v) is 8.24. The molecule has 2 nitrogen and oxygen atoms in total. The van der Waals surface area contributed by atoms with E-state index >= 15 is 8.63 Å². The van der Waals surface area contributed by atoms with Crippen LogP contribution < -0.4 is 0 Å². The number of aromatic nitrogens is 1. The predicted octanol–water partition coefficient (Wildman–Crippen LogP) is 6.29. The molecule has 0 spiro atoms. The summed E-state index contributed by atoms with van der Waals surface area (Å²) in [5.41, 5.74) is 4.49. The van der Waals surface area contributed by atoms with Crippen molar-refractivity contribution in [1.82, 2.24) is 4.48 Å². The molecule has 0 unspecified atom stereocenters. The van der Waals surface area contributed by atoms with Crippen LogP contribution in [0.2, 0.25) is 0 Å². The summed E-state index contributed by atoms with van der Waals surface area (Å²) >= 11 is 0. The summed E-state index contributed by atoms with van der Waals surface area (Å²) in [5, 5.41) is 0. The summed E-state index contributed by atoms with van der Waals surface area (Å²) in [4.78, 5) is 0. The fourth-order valence-electron chi connectivity index (χ4n) is 5.45. The van der Waals surface area contributed by atoms with E-state index in [9.17, 15) is 13.2 Å². The lowest BCUT2D eigenvalue weighted by molar-refractivity contribution is -0.363. The third-order valence-electron chi connectivity index (χ3n) is 6.77. The highest BCUT2D eigenvalue weighted by molar-refractivity contribution is 6.58. The molecule has 0 aliphatic carbocycles. The summed E-state index contributed by atoms with van der Waals surface area (Å²) < 4.78 is 76.3. The van der Waals surface area contributed by atoms with E-state index in [2.05, 4.69) is 0 Å². The van der Waals surface area contributed by atoms with Crippen LogP contribution in [-0.4, -0.2) is 21.6 Å². The lowest BCUT2D eigenvalue weighted by Crippen LogP contribution is -2.51. The molecule has 4 rings (SSSR count). The second kappa shape index (κ2) is 6.94. The van der Waals surface area contributed by atoms with Gasteiger partial charge in [0.2, 0.25) is 0 Å².